The van der Waals surface area contributed by atoms with Gasteiger partial charge < -0.3 is 10.6 Å². The minimum atomic E-state index is -0.0358. The quantitative estimate of drug-likeness (QED) is 0.887. The van der Waals surface area contributed by atoms with E-state index in [0.29, 0.717) is 23.3 Å². The molecule has 0 aromatic heterocycles. The first-order valence-corrected chi connectivity index (χ1v) is 7.30. The molecule has 1 saturated carbocycles. The van der Waals surface area contributed by atoms with Gasteiger partial charge in [0.15, 0.2) is 0 Å². The van der Waals surface area contributed by atoms with E-state index < -0.39 is 0 Å². The molecule has 1 aliphatic carbocycles. The molecule has 4 heteroatoms. The SMILES string of the molecule is CC1CCCC(NCC(=O)Nc2ccccc2Cl)C1. The Bertz CT molecular complexity index is 436. The van der Waals surface area contributed by atoms with E-state index in [-0.39, 0.29) is 5.91 Å². The van der Waals surface area contributed by atoms with Crippen molar-refractivity contribution in [2.75, 3.05) is 11.9 Å². The van der Waals surface area contributed by atoms with Crippen molar-refractivity contribution in [3.63, 3.8) is 0 Å². The van der Waals surface area contributed by atoms with Crippen molar-refractivity contribution in [2.24, 2.45) is 5.92 Å². The van der Waals surface area contributed by atoms with Gasteiger partial charge in [-0.25, -0.2) is 0 Å². The average molecular weight is 281 g/mol. The molecule has 0 saturated heterocycles. The third-order valence-electron chi connectivity index (χ3n) is 3.64. The lowest BCUT2D eigenvalue weighted by Gasteiger charge is -2.27. The summed E-state index contributed by atoms with van der Waals surface area (Å²) in [5.74, 6) is 0.726. The third kappa shape index (κ3) is 4.51. The van der Waals surface area contributed by atoms with E-state index >= 15 is 0 Å². The van der Waals surface area contributed by atoms with Crippen molar-refractivity contribution >= 4 is 23.2 Å². The molecule has 1 fully saturated rings. The Morgan fingerprint density at radius 3 is 2.89 bits per heavy atom. The molecule has 0 bridgehead atoms. The minimum Gasteiger partial charge on any atom is -0.324 e. The summed E-state index contributed by atoms with van der Waals surface area (Å²) >= 11 is 6.00. The summed E-state index contributed by atoms with van der Waals surface area (Å²) in [6.45, 7) is 2.63. The summed E-state index contributed by atoms with van der Waals surface area (Å²) < 4.78 is 0. The number of halogens is 1. The molecule has 0 radical (unpaired) electrons. The van der Waals surface area contributed by atoms with E-state index in [0.717, 1.165) is 5.92 Å². The molecule has 0 aliphatic heterocycles. The molecule has 1 aromatic rings. The predicted molar refractivity (Wildman–Crippen MR) is 79.5 cm³/mol. The molecule has 2 atom stereocenters. The predicted octanol–water partition coefficient (Wildman–Crippen LogP) is 3.45. The molecule has 2 N–H and O–H groups in total. The lowest BCUT2D eigenvalue weighted by atomic mass is 9.87. The van der Waals surface area contributed by atoms with Crippen molar-refractivity contribution in [2.45, 2.75) is 38.6 Å². The van der Waals surface area contributed by atoms with Crippen LogP contribution < -0.4 is 10.6 Å². The van der Waals surface area contributed by atoms with Crippen LogP contribution in [0, 0.1) is 5.92 Å². The number of nitrogens with one attached hydrogen (secondary N) is 2. The van der Waals surface area contributed by atoms with Crippen LogP contribution in [0.25, 0.3) is 0 Å². The van der Waals surface area contributed by atoms with Crippen molar-refractivity contribution in [3.05, 3.63) is 29.3 Å². The summed E-state index contributed by atoms with van der Waals surface area (Å²) in [6.07, 6.45) is 4.90. The van der Waals surface area contributed by atoms with Gasteiger partial charge in [-0.2, -0.15) is 0 Å². The zero-order chi connectivity index (χ0) is 13.7. The zero-order valence-corrected chi connectivity index (χ0v) is 12.0. The van der Waals surface area contributed by atoms with Crippen LogP contribution in [0.5, 0.6) is 0 Å². The Labute approximate surface area is 119 Å². The fourth-order valence-corrected chi connectivity index (χ4v) is 2.80. The van der Waals surface area contributed by atoms with Crippen LogP contribution in [0.15, 0.2) is 24.3 Å². The van der Waals surface area contributed by atoms with Gasteiger partial charge in [0.05, 0.1) is 17.3 Å². The molecule has 104 valence electrons. The highest BCUT2D eigenvalue weighted by Gasteiger charge is 2.19. The maximum absolute atomic E-state index is 11.9. The number of carbonyl (C=O) groups is 1. The minimum absolute atomic E-state index is 0.0358. The van der Waals surface area contributed by atoms with Crippen LogP contribution >= 0.6 is 11.6 Å². The van der Waals surface area contributed by atoms with Crippen molar-refractivity contribution in [3.8, 4) is 0 Å². The Morgan fingerprint density at radius 1 is 1.37 bits per heavy atom. The monoisotopic (exact) mass is 280 g/mol. The summed E-state index contributed by atoms with van der Waals surface area (Å²) in [6, 6.07) is 7.76. The van der Waals surface area contributed by atoms with Crippen LogP contribution in [0.4, 0.5) is 5.69 Å². The van der Waals surface area contributed by atoms with Gasteiger partial charge in [-0.05, 0) is 30.9 Å². The van der Waals surface area contributed by atoms with Gasteiger partial charge in [0.2, 0.25) is 5.91 Å². The smallest absolute Gasteiger partial charge is 0.238 e. The van der Waals surface area contributed by atoms with Gasteiger partial charge in [0.1, 0.15) is 0 Å². The summed E-state index contributed by atoms with van der Waals surface area (Å²) in [5, 5.41) is 6.74. The average Bonchev–Trinajstić information content (AvgIpc) is 2.39. The number of rotatable bonds is 4. The molecule has 0 heterocycles. The summed E-state index contributed by atoms with van der Waals surface area (Å²) in [5.41, 5.74) is 0.674. The largest absolute Gasteiger partial charge is 0.324 e. The Kier molecular flexibility index (Phi) is 5.23. The molecule has 0 spiro atoms. The number of hydrogen-bond donors (Lipinski definition) is 2. The lowest BCUT2D eigenvalue weighted by molar-refractivity contribution is -0.115. The standard InChI is InChI=1S/C15H21ClN2O/c1-11-5-4-6-12(9-11)17-10-15(19)18-14-8-3-2-7-13(14)16/h2-3,7-8,11-12,17H,4-6,9-10H2,1H3,(H,18,19). The Hall–Kier alpha value is -1.06. The number of carbonyl (C=O) groups excluding carboxylic acids is 1. The number of para-hydroxylation sites is 1. The van der Waals surface area contributed by atoms with E-state index in [1.807, 2.05) is 18.2 Å². The second-order valence-electron chi connectivity index (χ2n) is 5.38. The molecule has 19 heavy (non-hydrogen) atoms. The maximum Gasteiger partial charge on any atom is 0.238 e. The topological polar surface area (TPSA) is 41.1 Å². The highest BCUT2D eigenvalue weighted by molar-refractivity contribution is 6.33. The number of hydrogen-bond acceptors (Lipinski definition) is 2. The lowest BCUT2D eigenvalue weighted by Crippen LogP contribution is -2.38. The van der Waals surface area contributed by atoms with Gasteiger partial charge in [-0.3, -0.25) is 4.79 Å². The van der Waals surface area contributed by atoms with E-state index in [9.17, 15) is 4.79 Å². The zero-order valence-electron chi connectivity index (χ0n) is 11.3. The second kappa shape index (κ2) is 6.92. The first kappa shape index (κ1) is 14.4. The molecule has 2 rings (SSSR count). The molecule has 1 amide bonds. The molecule has 3 nitrogen and oxygen atoms in total. The number of amides is 1. The van der Waals surface area contributed by atoms with E-state index in [1.54, 1.807) is 6.07 Å². The number of anilines is 1. The highest BCUT2D eigenvalue weighted by Crippen LogP contribution is 2.23. The summed E-state index contributed by atoms with van der Waals surface area (Å²) in [7, 11) is 0. The first-order chi connectivity index (χ1) is 9.15. The molecule has 1 aromatic carbocycles. The van der Waals surface area contributed by atoms with E-state index in [4.69, 9.17) is 11.6 Å². The van der Waals surface area contributed by atoms with Crippen molar-refractivity contribution in [1.82, 2.24) is 5.32 Å². The summed E-state index contributed by atoms with van der Waals surface area (Å²) in [4.78, 5) is 11.9. The maximum atomic E-state index is 11.9. The molecule has 2 unspecified atom stereocenters. The second-order valence-corrected chi connectivity index (χ2v) is 5.78. The van der Waals surface area contributed by atoms with Crippen molar-refractivity contribution < 1.29 is 4.79 Å². The van der Waals surface area contributed by atoms with Gasteiger partial charge in [0, 0.05) is 6.04 Å². The van der Waals surface area contributed by atoms with Crippen LogP contribution in [-0.2, 0) is 4.79 Å². The Morgan fingerprint density at radius 2 is 2.16 bits per heavy atom. The van der Waals surface area contributed by atoms with Crippen LogP contribution in [0.1, 0.15) is 32.6 Å². The van der Waals surface area contributed by atoms with Crippen LogP contribution in [-0.4, -0.2) is 18.5 Å². The molecular formula is C15H21ClN2O. The van der Waals surface area contributed by atoms with Crippen LogP contribution in [0.2, 0.25) is 5.02 Å². The highest BCUT2D eigenvalue weighted by atomic mass is 35.5. The van der Waals surface area contributed by atoms with E-state index in [2.05, 4.69) is 17.6 Å². The third-order valence-corrected chi connectivity index (χ3v) is 3.97. The fraction of sp³-hybridized carbons (Fsp3) is 0.533. The normalized spacial score (nSPS) is 23.1. The van der Waals surface area contributed by atoms with E-state index in [1.165, 1.54) is 25.7 Å². The van der Waals surface area contributed by atoms with Crippen LogP contribution in [0.3, 0.4) is 0 Å². The number of benzene rings is 1. The Balaban J connectivity index is 1.77. The fourth-order valence-electron chi connectivity index (χ4n) is 2.61. The van der Waals surface area contributed by atoms with Gasteiger partial charge in [0.25, 0.3) is 0 Å². The van der Waals surface area contributed by atoms with Crippen molar-refractivity contribution in [1.29, 1.82) is 0 Å². The first-order valence-electron chi connectivity index (χ1n) is 6.93. The van der Waals surface area contributed by atoms with Gasteiger partial charge in [-0.15, -0.1) is 0 Å². The van der Waals surface area contributed by atoms with Gasteiger partial charge in [-0.1, -0.05) is 43.5 Å². The molecular weight excluding hydrogens is 260 g/mol. The van der Waals surface area contributed by atoms with Gasteiger partial charge >= 0.3 is 0 Å². The molecule has 1 aliphatic rings.